The van der Waals surface area contributed by atoms with Crippen LogP contribution in [0.15, 0.2) is 88.4 Å². The first-order chi connectivity index (χ1) is 14.5. The summed E-state index contributed by atoms with van der Waals surface area (Å²) in [4.78, 5) is 24.3. The predicted octanol–water partition coefficient (Wildman–Crippen LogP) is 5.14. The molecule has 0 spiro atoms. The molecule has 3 aromatic rings. The molecule has 0 saturated carbocycles. The summed E-state index contributed by atoms with van der Waals surface area (Å²) in [6.45, 7) is 1.95. The molecule has 0 aliphatic carbocycles. The zero-order valence-corrected chi connectivity index (χ0v) is 17.8. The molecule has 150 valence electrons. The summed E-state index contributed by atoms with van der Waals surface area (Å²) < 4.78 is 6.21. The molecule has 30 heavy (non-hydrogen) atoms. The highest BCUT2D eigenvalue weighted by Crippen LogP contribution is 2.22. The Kier molecular flexibility index (Phi) is 7.29. The lowest BCUT2D eigenvalue weighted by molar-refractivity contribution is -0.128. The van der Waals surface area contributed by atoms with Gasteiger partial charge in [-0.2, -0.15) is 5.10 Å². The van der Waals surface area contributed by atoms with Crippen molar-refractivity contribution in [2.45, 2.75) is 6.92 Å². The highest BCUT2D eigenvalue weighted by molar-refractivity contribution is 9.10. The molecular weight excluding hydrogens is 444 g/mol. The lowest BCUT2D eigenvalue weighted by atomic mass is 10.1. The Bertz CT molecular complexity index is 1090. The van der Waals surface area contributed by atoms with Crippen LogP contribution in [0.25, 0.3) is 6.08 Å². The number of amides is 1. The number of hydrogen-bond donors (Lipinski definition) is 1. The van der Waals surface area contributed by atoms with Gasteiger partial charge < -0.3 is 4.74 Å². The van der Waals surface area contributed by atoms with E-state index in [1.165, 1.54) is 12.3 Å². The second-order valence-corrected chi connectivity index (χ2v) is 7.33. The average molecular weight is 463 g/mol. The van der Waals surface area contributed by atoms with Crippen molar-refractivity contribution in [1.29, 1.82) is 0 Å². The third kappa shape index (κ3) is 6.25. The van der Waals surface area contributed by atoms with Gasteiger partial charge in [0.15, 0.2) is 0 Å². The third-order valence-corrected chi connectivity index (χ3v) is 4.57. The molecular formula is C24H19BrN2O3. The van der Waals surface area contributed by atoms with Crippen LogP contribution in [0.1, 0.15) is 27.0 Å². The molecule has 0 heterocycles. The maximum atomic E-state index is 12.2. The molecule has 0 aliphatic rings. The van der Waals surface area contributed by atoms with E-state index >= 15 is 0 Å². The second kappa shape index (κ2) is 10.3. The van der Waals surface area contributed by atoms with Crippen molar-refractivity contribution in [3.05, 3.63) is 106 Å². The van der Waals surface area contributed by atoms with Crippen molar-refractivity contribution < 1.29 is 14.3 Å². The molecule has 0 fully saturated rings. The Morgan fingerprint density at radius 1 is 1.00 bits per heavy atom. The van der Waals surface area contributed by atoms with Crippen molar-refractivity contribution in [3.8, 4) is 5.75 Å². The number of hydrogen-bond acceptors (Lipinski definition) is 4. The van der Waals surface area contributed by atoms with Gasteiger partial charge in [-0.3, -0.25) is 4.79 Å². The van der Waals surface area contributed by atoms with Crippen molar-refractivity contribution in [1.82, 2.24) is 5.43 Å². The number of nitrogens with one attached hydrogen (secondary N) is 1. The highest BCUT2D eigenvalue weighted by atomic mass is 79.9. The number of ether oxygens (including phenoxy) is 1. The van der Waals surface area contributed by atoms with Crippen LogP contribution in [0.4, 0.5) is 0 Å². The zero-order valence-electron chi connectivity index (χ0n) is 16.2. The molecule has 6 heteroatoms. The fraction of sp³-hybridized carbons (Fsp3) is 0.0417. The predicted molar refractivity (Wildman–Crippen MR) is 121 cm³/mol. The molecule has 0 bridgehead atoms. The van der Waals surface area contributed by atoms with Crippen LogP contribution in [0.5, 0.6) is 5.75 Å². The number of carbonyl (C=O) groups is 2. The van der Waals surface area contributed by atoms with E-state index in [0.29, 0.717) is 16.9 Å². The lowest BCUT2D eigenvalue weighted by Crippen LogP contribution is -2.17. The Hall–Kier alpha value is -3.51. The molecule has 0 radical (unpaired) electrons. The Morgan fingerprint density at radius 3 is 2.47 bits per heavy atom. The average Bonchev–Trinajstić information content (AvgIpc) is 2.75. The maximum Gasteiger partial charge on any atom is 0.336 e. The molecule has 3 rings (SSSR count). The Balaban J connectivity index is 1.67. The molecule has 0 aliphatic heterocycles. The van der Waals surface area contributed by atoms with Gasteiger partial charge in [-0.15, -0.1) is 0 Å². The van der Waals surface area contributed by atoms with E-state index in [1.807, 2.05) is 49.4 Å². The van der Waals surface area contributed by atoms with Gasteiger partial charge in [0.1, 0.15) is 5.75 Å². The molecule has 3 aromatic carbocycles. The summed E-state index contributed by atoms with van der Waals surface area (Å²) in [5, 5.41) is 3.99. The summed E-state index contributed by atoms with van der Waals surface area (Å²) in [7, 11) is 0. The summed E-state index contributed by atoms with van der Waals surface area (Å²) in [5.74, 6) is -0.514. The van der Waals surface area contributed by atoms with Crippen molar-refractivity contribution >= 4 is 40.1 Å². The van der Waals surface area contributed by atoms with Crippen LogP contribution < -0.4 is 10.2 Å². The van der Waals surface area contributed by atoms with Gasteiger partial charge >= 0.3 is 5.97 Å². The van der Waals surface area contributed by atoms with E-state index < -0.39 is 5.97 Å². The summed E-state index contributed by atoms with van der Waals surface area (Å²) in [6.07, 6.45) is 4.47. The number of rotatable bonds is 6. The maximum absolute atomic E-state index is 12.2. The monoisotopic (exact) mass is 462 g/mol. The second-order valence-electron chi connectivity index (χ2n) is 6.41. The first-order valence-corrected chi connectivity index (χ1v) is 9.95. The summed E-state index contributed by atoms with van der Waals surface area (Å²) in [6, 6.07) is 21.8. The van der Waals surface area contributed by atoms with Crippen LogP contribution in [-0.4, -0.2) is 18.1 Å². The number of carbonyl (C=O) groups excluding carboxylic acids is 2. The van der Waals surface area contributed by atoms with Crippen LogP contribution >= 0.6 is 15.9 Å². The number of esters is 1. The van der Waals surface area contributed by atoms with Gasteiger partial charge in [0.2, 0.25) is 0 Å². The van der Waals surface area contributed by atoms with Gasteiger partial charge in [0.05, 0.1) is 6.21 Å². The SMILES string of the molecule is Cc1ccc(C(=O)NN=Cc2cc(Br)ccc2OC(=O)C=Cc2ccccc2)cc1. The van der Waals surface area contributed by atoms with Crippen molar-refractivity contribution in [2.24, 2.45) is 5.10 Å². The van der Waals surface area contributed by atoms with E-state index in [4.69, 9.17) is 4.74 Å². The van der Waals surface area contributed by atoms with E-state index in [1.54, 1.807) is 36.4 Å². The van der Waals surface area contributed by atoms with E-state index in [-0.39, 0.29) is 5.91 Å². The molecule has 5 nitrogen and oxygen atoms in total. The minimum Gasteiger partial charge on any atom is -0.423 e. The van der Waals surface area contributed by atoms with Gasteiger partial charge in [-0.05, 0) is 48.9 Å². The summed E-state index contributed by atoms with van der Waals surface area (Å²) in [5.41, 5.74) is 5.48. The molecule has 0 aromatic heterocycles. The number of benzene rings is 3. The molecule has 0 atom stereocenters. The van der Waals surface area contributed by atoms with Gasteiger partial charge in [-0.1, -0.05) is 64.0 Å². The minimum atomic E-state index is -0.514. The van der Waals surface area contributed by atoms with E-state index in [2.05, 4.69) is 26.5 Å². The van der Waals surface area contributed by atoms with Crippen molar-refractivity contribution in [3.63, 3.8) is 0 Å². The first-order valence-electron chi connectivity index (χ1n) is 9.16. The van der Waals surface area contributed by atoms with Crippen molar-refractivity contribution in [2.75, 3.05) is 0 Å². The first kappa shape index (κ1) is 21.2. The zero-order chi connectivity index (χ0) is 21.3. The Morgan fingerprint density at radius 2 is 1.73 bits per heavy atom. The quantitative estimate of drug-likeness (QED) is 0.181. The van der Waals surface area contributed by atoms with E-state index in [9.17, 15) is 9.59 Å². The third-order valence-electron chi connectivity index (χ3n) is 4.08. The lowest BCUT2D eigenvalue weighted by Gasteiger charge is -2.06. The highest BCUT2D eigenvalue weighted by Gasteiger charge is 2.08. The summed E-state index contributed by atoms with van der Waals surface area (Å²) >= 11 is 3.38. The standard InChI is InChI=1S/C24H19BrN2O3/c1-17-7-10-19(11-8-17)24(29)27-26-16-20-15-21(25)12-13-22(20)30-23(28)14-9-18-5-3-2-4-6-18/h2-16H,1H3,(H,27,29). The largest absolute Gasteiger partial charge is 0.423 e. The van der Waals surface area contributed by atoms with Crippen LogP contribution in [0.2, 0.25) is 0 Å². The smallest absolute Gasteiger partial charge is 0.336 e. The van der Waals surface area contributed by atoms with E-state index in [0.717, 1.165) is 15.6 Å². The molecule has 1 amide bonds. The van der Waals surface area contributed by atoms with Crippen LogP contribution in [-0.2, 0) is 4.79 Å². The van der Waals surface area contributed by atoms with Crippen LogP contribution in [0.3, 0.4) is 0 Å². The number of halogens is 1. The molecule has 0 saturated heterocycles. The normalized spacial score (nSPS) is 11.0. The molecule has 0 unspecified atom stereocenters. The van der Waals surface area contributed by atoms with Gasteiger partial charge in [0.25, 0.3) is 5.91 Å². The minimum absolute atomic E-state index is 0.328. The number of nitrogens with zero attached hydrogens (tertiary/aromatic N) is 1. The topological polar surface area (TPSA) is 67.8 Å². The van der Waals surface area contributed by atoms with Gasteiger partial charge in [0, 0.05) is 21.7 Å². The van der Waals surface area contributed by atoms with Crippen LogP contribution in [0, 0.1) is 6.92 Å². The molecule has 1 N–H and O–H groups in total. The Labute approximate surface area is 183 Å². The number of aryl methyl sites for hydroxylation is 1. The van der Waals surface area contributed by atoms with Gasteiger partial charge in [-0.25, -0.2) is 10.2 Å². The number of hydrazone groups is 1. The fourth-order valence-electron chi connectivity index (χ4n) is 2.51. The fourth-order valence-corrected chi connectivity index (χ4v) is 2.89.